The Balaban J connectivity index is 1.47. The molecule has 1 spiro atoms. The highest BCUT2D eigenvalue weighted by atomic mass is 16.2. The second-order valence-electron chi connectivity index (χ2n) is 8.50. The Hall–Kier alpha value is -2.65. The van der Waals surface area contributed by atoms with E-state index in [0.29, 0.717) is 11.1 Å². The van der Waals surface area contributed by atoms with E-state index in [1.165, 1.54) is 5.69 Å². The number of rotatable bonds is 3. The van der Waals surface area contributed by atoms with Crippen molar-refractivity contribution in [3.8, 4) is 6.07 Å². The predicted molar refractivity (Wildman–Crippen MR) is 111 cm³/mol. The molecule has 2 saturated heterocycles. The molecular weight excluding hydrogens is 362 g/mol. The standard InChI is InChI=1S/C23H29N5O/c1-18-15-21(26(2)25-18)17-27-12-3-9-23(11-14-27)10-4-13-28(23)22(29)20-7-5-19(16-24)6-8-20/h5-8,15H,3-4,9-14,17H2,1-2H3. The Bertz CT molecular complexity index is 926. The maximum atomic E-state index is 13.3. The van der Waals surface area contributed by atoms with Crippen LogP contribution in [0.1, 0.15) is 59.4 Å². The minimum absolute atomic E-state index is 0.0257. The van der Waals surface area contributed by atoms with Crippen LogP contribution in [-0.2, 0) is 13.6 Å². The van der Waals surface area contributed by atoms with Crippen molar-refractivity contribution >= 4 is 5.91 Å². The first-order valence-corrected chi connectivity index (χ1v) is 10.5. The highest BCUT2D eigenvalue weighted by Gasteiger charge is 2.44. The molecule has 1 atom stereocenters. The van der Waals surface area contributed by atoms with E-state index in [2.05, 4.69) is 27.0 Å². The molecule has 152 valence electrons. The summed E-state index contributed by atoms with van der Waals surface area (Å²) in [5, 5.41) is 13.5. The van der Waals surface area contributed by atoms with Crippen molar-refractivity contribution in [2.75, 3.05) is 19.6 Å². The zero-order valence-corrected chi connectivity index (χ0v) is 17.4. The van der Waals surface area contributed by atoms with Crippen molar-refractivity contribution in [3.05, 3.63) is 52.8 Å². The first kappa shape index (κ1) is 19.7. The second kappa shape index (κ2) is 8.00. The van der Waals surface area contributed by atoms with E-state index in [1.807, 2.05) is 18.7 Å². The first-order chi connectivity index (χ1) is 14.0. The molecule has 2 aliphatic heterocycles. The van der Waals surface area contributed by atoms with E-state index in [9.17, 15) is 4.79 Å². The number of amides is 1. The Morgan fingerprint density at radius 2 is 1.86 bits per heavy atom. The molecule has 0 aliphatic carbocycles. The second-order valence-corrected chi connectivity index (χ2v) is 8.50. The van der Waals surface area contributed by atoms with Crippen molar-refractivity contribution in [1.29, 1.82) is 5.26 Å². The first-order valence-electron chi connectivity index (χ1n) is 10.5. The summed E-state index contributed by atoms with van der Waals surface area (Å²) in [6.45, 7) is 5.84. The van der Waals surface area contributed by atoms with Crippen LogP contribution in [0.5, 0.6) is 0 Å². The Morgan fingerprint density at radius 3 is 2.52 bits per heavy atom. The lowest BCUT2D eigenvalue weighted by Gasteiger charge is -2.38. The fourth-order valence-electron chi connectivity index (χ4n) is 5.05. The van der Waals surface area contributed by atoms with Crippen molar-refractivity contribution < 1.29 is 4.79 Å². The Labute approximate surface area is 172 Å². The minimum atomic E-state index is -0.0257. The van der Waals surface area contributed by atoms with Crippen molar-refractivity contribution in [2.24, 2.45) is 7.05 Å². The van der Waals surface area contributed by atoms with Gasteiger partial charge in [0.2, 0.25) is 0 Å². The van der Waals surface area contributed by atoms with Crippen LogP contribution in [0.15, 0.2) is 30.3 Å². The van der Waals surface area contributed by atoms with Crippen LogP contribution in [0.4, 0.5) is 0 Å². The molecule has 0 N–H and O–H groups in total. The summed E-state index contributed by atoms with van der Waals surface area (Å²) < 4.78 is 1.98. The maximum absolute atomic E-state index is 13.3. The van der Waals surface area contributed by atoms with E-state index in [1.54, 1.807) is 24.3 Å². The van der Waals surface area contributed by atoms with Gasteiger partial charge in [0.25, 0.3) is 5.91 Å². The van der Waals surface area contributed by atoms with Gasteiger partial charge in [-0.2, -0.15) is 10.4 Å². The van der Waals surface area contributed by atoms with Crippen molar-refractivity contribution in [2.45, 2.75) is 51.1 Å². The van der Waals surface area contributed by atoms with Gasteiger partial charge in [0.05, 0.1) is 23.0 Å². The van der Waals surface area contributed by atoms with Crippen LogP contribution in [0, 0.1) is 18.3 Å². The topological polar surface area (TPSA) is 65.2 Å². The van der Waals surface area contributed by atoms with Gasteiger partial charge in [0.1, 0.15) is 0 Å². The summed E-state index contributed by atoms with van der Waals surface area (Å²) in [5.41, 5.74) is 3.56. The van der Waals surface area contributed by atoms with Crippen LogP contribution in [-0.4, -0.2) is 50.7 Å². The molecule has 2 aromatic rings. The lowest BCUT2D eigenvalue weighted by Crippen LogP contribution is -2.47. The maximum Gasteiger partial charge on any atom is 0.254 e. The highest BCUT2D eigenvalue weighted by Crippen LogP contribution is 2.39. The summed E-state index contributed by atoms with van der Waals surface area (Å²) >= 11 is 0. The number of carbonyl (C=O) groups excluding carboxylic acids is 1. The molecule has 3 heterocycles. The molecule has 1 aromatic carbocycles. The smallest absolute Gasteiger partial charge is 0.254 e. The minimum Gasteiger partial charge on any atom is -0.333 e. The van der Waals surface area contributed by atoms with Crippen LogP contribution < -0.4 is 0 Å². The van der Waals surface area contributed by atoms with E-state index >= 15 is 0 Å². The van der Waals surface area contributed by atoms with Crippen LogP contribution in [0.3, 0.4) is 0 Å². The number of nitrogens with zero attached hydrogens (tertiary/aromatic N) is 5. The fourth-order valence-corrected chi connectivity index (χ4v) is 5.05. The van der Waals surface area contributed by atoms with E-state index in [0.717, 1.165) is 64.0 Å². The van der Waals surface area contributed by atoms with Gasteiger partial charge in [-0.05, 0) is 75.9 Å². The molecule has 0 bridgehead atoms. The van der Waals surface area contributed by atoms with Gasteiger partial charge in [0.15, 0.2) is 0 Å². The monoisotopic (exact) mass is 391 g/mol. The largest absolute Gasteiger partial charge is 0.333 e. The Morgan fingerprint density at radius 1 is 1.14 bits per heavy atom. The summed E-state index contributed by atoms with van der Waals surface area (Å²) in [6, 6.07) is 11.3. The summed E-state index contributed by atoms with van der Waals surface area (Å²) in [5.74, 6) is 0.114. The zero-order chi connectivity index (χ0) is 20.4. The number of hydrogen-bond donors (Lipinski definition) is 0. The number of carbonyl (C=O) groups is 1. The van der Waals surface area contributed by atoms with Crippen LogP contribution in [0.2, 0.25) is 0 Å². The zero-order valence-electron chi connectivity index (χ0n) is 17.4. The number of nitriles is 1. The summed E-state index contributed by atoms with van der Waals surface area (Å²) in [4.78, 5) is 17.9. The molecule has 1 unspecified atom stereocenters. The molecule has 1 aromatic heterocycles. The number of hydrogen-bond acceptors (Lipinski definition) is 4. The molecule has 29 heavy (non-hydrogen) atoms. The number of aryl methyl sites for hydroxylation is 2. The third kappa shape index (κ3) is 3.92. The summed E-state index contributed by atoms with van der Waals surface area (Å²) in [7, 11) is 2.01. The molecule has 1 amide bonds. The van der Waals surface area contributed by atoms with Gasteiger partial charge in [-0.1, -0.05) is 0 Å². The molecule has 0 saturated carbocycles. The lowest BCUT2D eigenvalue weighted by molar-refractivity contribution is 0.0557. The fraction of sp³-hybridized carbons (Fsp3) is 0.522. The van der Waals surface area contributed by atoms with Crippen LogP contribution in [0.25, 0.3) is 0 Å². The number of likely N-dealkylation sites (tertiary alicyclic amines) is 2. The molecule has 6 heteroatoms. The normalized spacial score (nSPS) is 22.6. The van der Waals surface area contributed by atoms with E-state index in [-0.39, 0.29) is 11.4 Å². The summed E-state index contributed by atoms with van der Waals surface area (Å²) in [6.07, 6.45) is 5.35. The van der Waals surface area contributed by atoms with Gasteiger partial charge >= 0.3 is 0 Å². The van der Waals surface area contributed by atoms with Gasteiger partial charge in [-0.3, -0.25) is 14.4 Å². The predicted octanol–water partition coefficient (Wildman–Crippen LogP) is 3.26. The van der Waals surface area contributed by atoms with Crippen LogP contribution >= 0.6 is 0 Å². The van der Waals surface area contributed by atoms with Crippen molar-refractivity contribution in [1.82, 2.24) is 19.6 Å². The van der Waals surface area contributed by atoms with Gasteiger partial charge in [-0.25, -0.2) is 0 Å². The lowest BCUT2D eigenvalue weighted by atomic mass is 9.87. The third-order valence-corrected chi connectivity index (χ3v) is 6.60. The molecule has 2 aliphatic rings. The van der Waals surface area contributed by atoms with Gasteiger partial charge in [-0.15, -0.1) is 0 Å². The quantitative estimate of drug-likeness (QED) is 0.806. The van der Waals surface area contributed by atoms with Gasteiger partial charge < -0.3 is 4.90 Å². The molecule has 0 radical (unpaired) electrons. The van der Waals surface area contributed by atoms with E-state index in [4.69, 9.17) is 5.26 Å². The molecule has 4 rings (SSSR count). The highest BCUT2D eigenvalue weighted by molar-refractivity contribution is 5.95. The van der Waals surface area contributed by atoms with E-state index < -0.39 is 0 Å². The third-order valence-electron chi connectivity index (χ3n) is 6.60. The molecular formula is C23H29N5O. The Kier molecular flexibility index (Phi) is 5.42. The average molecular weight is 392 g/mol. The number of benzene rings is 1. The number of aromatic nitrogens is 2. The average Bonchev–Trinajstić information content (AvgIpc) is 3.20. The van der Waals surface area contributed by atoms with Crippen molar-refractivity contribution in [3.63, 3.8) is 0 Å². The van der Waals surface area contributed by atoms with Gasteiger partial charge in [0, 0.05) is 37.8 Å². The molecule has 2 fully saturated rings. The molecule has 6 nitrogen and oxygen atoms in total. The SMILES string of the molecule is Cc1cc(CN2CCCC3(CCCN3C(=O)c3ccc(C#N)cc3)CC2)n(C)n1.